The Kier molecular flexibility index (Phi) is 7.09. The summed E-state index contributed by atoms with van der Waals surface area (Å²) in [5.74, 6) is 0.795. The van der Waals surface area contributed by atoms with Gasteiger partial charge in [0.05, 0.1) is 24.4 Å². The molecule has 0 spiro atoms. The summed E-state index contributed by atoms with van der Waals surface area (Å²) in [4.78, 5) is 17.2. The van der Waals surface area contributed by atoms with Gasteiger partial charge < -0.3 is 15.0 Å². The average Bonchev–Trinajstić information content (AvgIpc) is 3.03. The van der Waals surface area contributed by atoms with Crippen LogP contribution in [-0.4, -0.2) is 50.1 Å². The Morgan fingerprint density at radius 3 is 2.69 bits per heavy atom. The van der Waals surface area contributed by atoms with Gasteiger partial charge in [-0.2, -0.15) is 5.26 Å². The Labute approximate surface area is 172 Å². The highest BCUT2D eigenvalue weighted by molar-refractivity contribution is 5.81. The van der Waals surface area contributed by atoms with Crippen molar-refractivity contribution in [2.45, 2.75) is 25.9 Å². The van der Waals surface area contributed by atoms with E-state index in [9.17, 15) is 10.1 Å². The van der Waals surface area contributed by atoms with E-state index in [2.05, 4.69) is 21.2 Å². The lowest BCUT2D eigenvalue weighted by molar-refractivity contribution is -0.126. The number of benzene rings is 2. The molecule has 3 rings (SSSR count). The lowest BCUT2D eigenvalue weighted by Crippen LogP contribution is -2.46. The Morgan fingerprint density at radius 1 is 1.14 bits per heavy atom. The number of carbonyl (C=O) groups excluding carboxylic acids is 1. The summed E-state index contributed by atoms with van der Waals surface area (Å²) in [5, 5.41) is 12.4. The molecule has 0 radical (unpaired) electrons. The van der Waals surface area contributed by atoms with E-state index in [-0.39, 0.29) is 11.9 Å². The fourth-order valence-corrected chi connectivity index (χ4v) is 3.75. The van der Waals surface area contributed by atoms with Gasteiger partial charge in [0.25, 0.3) is 0 Å². The Balaban J connectivity index is 1.58. The normalized spacial score (nSPS) is 15.8. The number of amides is 1. The molecule has 0 unspecified atom stereocenters. The van der Waals surface area contributed by atoms with Crippen LogP contribution < -0.4 is 15.0 Å². The van der Waals surface area contributed by atoms with Crippen LogP contribution in [0.5, 0.6) is 5.75 Å². The molecule has 1 saturated heterocycles. The number of methoxy groups -OCH3 is 1. The van der Waals surface area contributed by atoms with Crippen LogP contribution in [0.25, 0.3) is 0 Å². The summed E-state index contributed by atoms with van der Waals surface area (Å²) in [6.45, 7) is 5.71. The van der Waals surface area contributed by atoms with Gasteiger partial charge >= 0.3 is 0 Å². The fourth-order valence-electron chi connectivity index (χ4n) is 3.75. The van der Waals surface area contributed by atoms with Crippen molar-refractivity contribution >= 4 is 11.6 Å². The van der Waals surface area contributed by atoms with Crippen LogP contribution in [0.4, 0.5) is 5.69 Å². The maximum Gasteiger partial charge on any atom is 0.237 e. The van der Waals surface area contributed by atoms with Gasteiger partial charge in [-0.15, -0.1) is 0 Å². The first-order chi connectivity index (χ1) is 14.1. The predicted molar refractivity (Wildman–Crippen MR) is 114 cm³/mol. The summed E-state index contributed by atoms with van der Waals surface area (Å²) in [6.07, 6.45) is 0.948. The van der Waals surface area contributed by atoms with Crippen LogP contribution in [0.1, 0.15) is 24.5 Å². The van der Waals surface area contributed by atoms with Crippen molar-refractivity contribution < 1.29 is 9.53 Å². The van der Waals surface area contributed by atoms with Crippen LogP contribution in [0.2, 0.25) is 0 Å². The third-order valence-corrected chi connectivity index (χ3v) is 5.47. The van der Waals surface area contributed by atoms with Crippen molar-refractivity contribution in [2.24, 2.45) is 0 Å². The van der Waals surface area contributed by atoms with Crippen molar-refractivity contribution in [3.63, 3.8) is 0 Å². The minimum absolute atomic E-state index is 0.0155. The van der Waals surface area contributed by atoms with Gasteiger partial charge in [0.15, 0.2) is 0 Å². The zero-order valence-electron chi connectivity index (χ0n) is 17.1. The molecule has 6 nitrogen and oxygen atoms in total. The zero-order chi connectivity index (χ0) is 20.6. The lowest BCUT2D eigenvalue weighted by Gasteiger charge is -2.27. The number of nitriles is 1. The fraction of sp³-hybridized carbons (Fsp3) is 0.391. The van der Waals surface area contributed by atoms with E-state index in [0.717, 1.165) is 49.6 Å². The average molecular weight is 393 g/mol. The SMILES string of the molecule is COc1ccccc1CNC(=O)[C@H](C)N1CCCN(c2ccccc2C#N)CC1. The number of nitrogens with zero attached hydrogens (tertiary/aromatic N) is 3. The van der Waals surface area contributed by atoms with Gasteiger partial charge in [-0.3, -0.25) is 9.69 Å². The molecule has 1 N–H and O–H groups in total. The molecule has 0 aliphatic carbocycles. The van der Waals surface area contributed by atoms with E-state index in [1.807, 2.05) is 55.5 Å². The number of carbonyl (C=O) groups is 1. The highest BCUT2D eigenvalue weighted by Crippen LogP contribution is 2.22. The molecule has 1 aliphatic rings. The summed E-state index contributed by atoms with van der Waals surface area (Å²) in [6, 6.07) is 17.5. The third kappa shape index (κ3) is 5.07. The quantitative estimate of drug-likeness (QED) is 0.819. The topological polar surface area (TPSA) is 68.6 Å². The molecular weight excluding hydrogens is 364 g/mol. The number of hydrogen-bond donors (Lipinski definition) is 1. The zero-order valence-corrected chi connectivity index (χ0v) is 17.1. The standard InChI is InChI=1S/C23H28N4O2/c1-18(23(28)25-17-20-9-4-6-11-22(20)29-2)26-12-7-13-27(15-14-26)21-10-5-3-8-19(21)16-24/h3-6,8-11,18H,7,12-15,17H2,1-2H3,(H,25,28)/t18-/m0/s1. The van der Waals surface area contributed by atoms with E-state index >= 15 is 0 Å². The molecule has 0 aromatic heterocycles. The molecule has 2 aromatic rings. The van der Waals surface area contributed by atoms with Crippen LogP contribution in [0.15, 0.2) is 48.5 Å². The highest BCUT2D eigenvalue weighted by Gasteiger charge is 2.24. The van der Waals surface area contributed by atoms with Gasteiger partial charge in [-0.25, -0.2) is 0 Å². The molecule has 1 amide bonds. The highest BCUT2D eigenvalue weighted by atomic mass is 16.5. The van der Waals surface area contributed by atoms with Crippen molar-refractivity contribution in [2.75, 3.05) is 38.2 Å². The van der Waals surface area contributed by atoms with Crippen molar-refractivity contribution in [1.29, 1.82) is 5.26 Å². The van der Waals surface area contributed by atoms with Gasteiger partial charge in [-0.05, 0) is 31.5 Å². The second kappa shape index (κ2) is 9.94. The molecule has 2 aromatic carbocycles. The van der Waals surface area contributed by atoms with Crippen molar-refractivity contribution in [3.05, 3.63) is 59.7 Å². The van der Waals surface area contributed by atoms with Crippen LogP contribution >= 0.6 is 0 Å². The summed E-state index contributed by atoms with van der Waals surface area (Å²) in [7, 11) is 1.64. The van der Waals surface area contributed by atoms with Gasteiger partial charge in [0, 0.05) is 38.3 Å². The lowest BCUT2D eigenvalue weighted by atomic mass is 10.1. The maximum absolute atomic E-state index is 12.7. The first-order valence-corrected chi connectivity index (χ1v) is 10.0. The van der Waals surface area contributed by atoms with E-state index in [4.69, 9.17) is 4.74 Å². The van der Waals surface area contributed by atoms with E-state index < -0.39 is 0 Å². The largest absolute Gasteiger partial charge is 0.496 e. The second-order valence-corrected chi connectivity index (χ2v) is 7.21. The molecule has 29 heavy (non-hydrogen) atoms. The van der Waals surface area contributed by atoms with E-state index in [1.165, 1.54) is 0 Å². The molecule has 1 aliphatic heterocycles. The molecule has 0 bridgehead atoms. The van der Waals surface area contributed by atoms with Crippen molar-refractivity contribution in [3.8, 4) is 11.8 Å². The minimum Gasteiger partial charge on any atom is -0.496 e. The molecule has 152 valence electrons. The first-order valence-electron chi connectivity index (χ1n) is 10.0. The molecule has 1 fully saturated rings. The minimum atomic E-state index is -0.212. The molecular formula is C23H28N4O2. The van der Waals surface area contributed by atoms with Crippen LogP contribution in [0.3, 0.4) is 0 Å². The van der Waals surface area contributed by atoms with Gasteiger partial charge in [0.1, 0.15) is 11.8 Å². The molecule has 0 saturated carbocycles. The molecule has 1 heterocycles. The van der Waals surface area contributed by atoms with E-state index in [0.29, 0.717) is 12.1 Å². The Morgan fingerprint density at radius 2 is 1.90 bits per heavy atom. The third-order valence-electron chi connectivity index (χ3n) is 5.47. The van der Waals surface area contributed by atoms with E-state index in [1.54, 1.807) is 7.11 Å². The molecule has 1 atom stereocenters. The number of para-hydroxylation sites is 2. The van der Waals surface area contributed by atoms with Gasteiger partial charge in [0.2, 0.25) is 5.91 Å². The monoisotopic (exact) mass is 392 g/mol. The Bertz CT molecular complexity index is 877. The first kappa shape index (κ1) is 20.7. The van der Waals surface area contributed by atoms with Crippen LogP contribution in [0, 0.1) is 11.3 Å². The maximum atomic E-state index is 12.7. The van der Waals surface area contributed by atoms with Crippen molar-refractivity contribution in [1.82, 2.24) is 10.2 Å². The van der Waals surface area contributed by atoms with Crippen LogP contribution in [-0.2, 0) is 11.3 Å². The smallest absolute Gasteiger partial charge is 0.237 e. The number of anilines is 1. The summed E-state index contributed by atoms with van der Waals surface area (Å²) in [5.41, 5.74) is 2.64. The van der Waals surface area contributed by atoms with Gasteiger partial charge in [-0.1, -0.05) is 30.3 Å². The Hall–Kier alpha value is -3.04. The summed E-state index contributed by atoms with van der Waals surface area (Å²) >= 11 is 0. The number of hydrogen-bond acceptors (Lipinski definition) is 5. The second-order valence-electron chi connectivity index (χ2n) is 7.21. The predicted octanol–water partition coefficient (Wildman–Crippen LogP) is 2.78. The molecule has 6 heteroatoms. The number of rotatable bonds is 6. The number of ether oxygens (including phenoxy) is 1. The number of nitrogens with one attached hydrogen (secondary N) is 1. The summed E-state index contributed by atoms with van der Waals surface area (Å²) < 4.78 is 5.35.